The molecule has 0 bridgehead atoms. The molecule has 2 amide bonds. The van der Waals surface area contributed by atoms with Crippen LogP contribution in [0.5, 0.6) is 5.75 Å². The smallest absolute Gasteiger partial charge is 0.258 e. The van der Waals surface area contributed by atoms with E-state index in [9.17, 15) is 9.59 Å². The molecular weight excluding hydrogens is 280 g/mol. The molecule has 0 saturated carbocycles. The second-order valence-corrected chi connectivity index (χ2v) is 5.05. The lowest BCUT2D eigenvalue weighted by Crippen LogP contribution is -2.36. The Labute approximate surface area is 132 Å². The number of benzene rings is 1. The Morgan fingerprint density at radius 3 is 2.41 bits per heavy atom. The third kappa shape index (κ3) is 7.11. The van der Waals surface area contributed by atoms with Crippen molar-refractivity contribution in [1.29, 1.82) is 0 Å². The van der Waals surface area contributed by atoms with Crippen molar-refractivity contribution in [3.8, 4) is 5.75 Å². The first-order valence-corrected chi connectivity index (χ1v) is 7.91. The Kier molecular flexibility index (Phi) is 8.72. The molecule has 0 heterocycles. The summed E-state index contributed by atoms with van der Waals surface area (Å²) in [6.45, 7) is 4.93. The molecule has 5 nitrogen and oxygen atoms in total. The molecule has 2 N–H and O–H groups in total. The van der Waals surface area contributed by atoms with E-state index in [1.165, 1.54) is 0 Å². The van der Waals surface area contributed by atoms with Crippen molar-refractivity contribution in [2.24, 2.45) is 0 Å². The monoisotopic (exact) mass is 306 g/mol. The van der Waals surface area contributed by atoms with Gasteiger partial charge in [-0.3, -0.25) is 9.59 Å². The van der Waals surface area contributed by atoms with Gasteiger partial charge in [0.25, 0.3) is 5.91 Å². The molecule has 1 aromatic carbocycles. The average Bonchev–Trinajstić information content (AvgIpc) is 2.55. The molecule has 0 spiro atoms. The highest BCUT2D eigenvalue weighted by atomic mass is 16.5. The lowest BCUT2D eigenvalue weighted by molar-refractivity contribution is -0.124. The highest BCUT2D eigenvalue weighted by Gasteiger charge is 2.05. The van der Waals surface area contributed by atoms with Gasteiger partial charge in [-0.1, -0.05) is 38.5 Å². The van der Waals surface area contributed by atoms with Crippen molar-refractivity contribution in [2.45, 2.75) is 39.5 Å². The Morgan fingerprint density at radius 1 is 1.05 bits per heavy atom. The summed E-state index contributed by atoms with van der Waals surface area (Å²) < 4.78 is 5.52. The topological polar surface area (TPSA) is 67.4 Å². The highest BCUT2D eigenvalue weighted by Crippen LogP contribution is 2.17. The Hall–Kier alpha value is -2.04. The highest BCUT2D eigenvalue weighted by molar-refractivity contribution is 5.78. The van der Waals surface area contributed by atoms with E-state index in [1.807, 2.05) is 38.1 Å². The van der Waals surface area contributed by atoms with Gasteiger partial charge in [0, 0.05) is 19.5 Å². The van der Waals surface area contributed by atoms with Gasteiger partial charge in [0.15, 0.2) is 6.61 Å². The number of unbranched alkanes of at least 4 members (excludes halogenated alkanes) is 1. The number of carbonyl (C=O) groups is 2. The SMILES string of the molecule is CCCCC(=O)NCCNC(=O)COc1ccccc1CC. The number of aryl methyl sites for hydroxylation is 1. The molecule has 0 aliphatic heterocycles. The molecule has 0 fully saturated rings. The number of hydrogen-bond acceptors (Lipinski definition) is 3. The third-order valence-corrected chi connectivity index (χ3v) is 3.24. The normalized spacial score (nSPS) is 10.1. The van der Waals surface area contributed by atoms with Crippen molar-refractivity contribution >= 4 is 11.8 Å². The van der Waals surface area contributed by atoms with Gasteiger partial charge in [0.1, 0.15) is 5.75 Å². The van der Waals surface area contributed by atoms with Crippen LogP contribution in [0, 0.1) is 0 Å². The van der Waals surface area contributed by atoms with Crippen molar-refractivity contribution in [2.75, 3.05) is 19.7 Å². The van der Waals surface area contributed by atoms with Gasteiger partial charge in [-0.2, -0.15) is 0 Å². The summed E-state index contributed by atoms with van der Waals surface area (Å²) in [7, 11) is 0. The number of rotatable bonds is 10. The molecule has 22 heavy (non-hydrogen) atoms. The first-order chi connectivity index (χ1) is 10.7. The van der Waals surface area contributed by atoms with Crippen LogP contribution >= 0.6 is 0 Å². The van der Waals surface area contributed by atoms with Crippen molar-refractivity contribution in [3.05, 3.63) is 29.8 Å². The lowest BCUT2D eigenvalue weighted by Gasteiger charge is -2.10. The fraction of sp³-hybridized carbons (Fsp3) is 0.529. The predicted octanol–water partition coefficient (Wildman–Crippen LogP) is 2.05. The number of amides is 2. The van der Waals surface area contributed by atoms with Gasteiger partial charge in [-0.25, -0.2) is 0 Å². The van der Waals surface area contributed by atoms with Gasteiger partial charge >= 0.3 is 0 Å². The molecule has 5 heteroatoms. The average molecular weight is 306 g/mol. The van der Waals surface area contributed by atoms with Crippen LogP contribution in [-0.2, 0) is 16.0 Å². The number of hydrogen-bond donors (Lipinski definition) is 2. The minimum Gasteiger partial charge on any atom is -0.483 e. The van der Waals surface area contributed by atoms with E-state index < -0.39 is 0 Å². The van der Waals surface area contributed by atoms with E-state index in [4.69, 9.17) is 4.74 Å². The summed E-state index contributed by atoms with van der Waals surface area (Å²) in [6, 6.07) is 7.68. The molecule has 0 aliphatic carbocycles. The fourth-order valence-electron chi connectivity index (χ4n) is 1.96. The zero-order chi connectivity index (χ0) is 16.2. The maximum atomic E-state index is 11.7. The summed E-state index contributed by atoms with van der Waals surface area (Å²) in [5, 5.41) is 5.49. The molecular formula is C17H26N2O3. The second-order valence-electron chi connectivity index (χ2n) is 5.05. The quantitative estimate of drug-likeness (QED) is 0.650. The molecule has 0 unspecified atom stereocenters. The molecule has 0 aromatic heterocycles. The maximum Gasteiger partial charge on any atom is 0.258 e. The van der Waals surface area contributed by atoms with Crippen molar-refractivity contribution < 1.29 is 14.3 Å². The van der Waals surface area contributed by atoms with Crippen LogP contribution in [0.2, 0.25) is 0 Å². The van der Waals surface area contributed by atoms with E-state index >= 15 is 0 Å². The third-order valence-electron chi connectivity index (χ3n) is 3.24. The number of ether oxygens (including phenoxy) is 1. The zero-order valence-corrected chi connectivity index (χ0v) is 13.5. The van der Waals surface area contributed by atoms with Gasteiger partial charge in [-0.05, 0) is 24.5 Å². The van der Waals surface area contributed by atoms with Crippen LogP contribution < -0.4 is 15.4 Å². The van der Waals surface area contributed by atoms with Crippen LogP contribution in [0.3, 0.4) is 0 Å². The number of carbonyl (C=O) groups excluding carboxylic acids is 2. The van der Waals surface area contributed by atoms with Crippen molar-refractivity contribution in [3.63, 3.8) is 0 Å². The fourth-order valence-corrected chi connectivity index (χ4v) is 1.96. The van der Waals surface area contributed by atoms with E-state index in [0.717, 1.165) is 30.6 Å². The molecule has 0 atom stereocenters. The van der Waals surface area contributed by atoms with Crippen LogP contribution in [0.25, 0.3) is 0 Å². The molecule has 0 radical (unpaired) electrons. The van der Waals surface area contributed by atoms with Gasteiger partial charge < -0.3 is 15.4 Å². The minimum absolute atomic E-state index is 0.0131. The standard InChI is InChI=1S/C17H26N2O3/c1-3-5-10-16(20)18-11-12-19-17(21)13-22-15-9-7-6-8-14(15)4-2/h6-9H,3-5,10-13H2,1-2H3,(H,18,20)(H,19,21). The summed E-state index contributed by atoms with van der Waals surface area (Å²) >= 11 is 0. The van der Waals surface area contributed by atoms with E-state index in [0.29, 0.717) is 19.5 Å². The predicted molar refractivity (Wildman–Crippen MR) is 86.9 cm³/mol. The van der Waals surface area contributed by atoms with Crippen LogP contribution in [0.15, 0.2) is 24.3 Å². The van der Waals surface area contributed by atoms with E-state index in [2.05, 4.69) is 10.6 Å². The van der Waals surface area contributed by atoms with Crippen LogP contribution in [0.4, 0.5) is 0 Å². The van der Waals surface area contributed by atoms with Gasteiger partial charge in [-0.15, -0.1) is 0 Å². The Bertz CT molecular complexity index is 475. The zero-order valence-electron chi connectivity index (χ0n) is 13.5. The number of para-hydroxylation sites is 1. The van der Waals surface area contributed by atoms with Gasteiger partial charge in [0.05, 0.1) is 0 Å². The molecule has 0 aliphatic rings. The molecule has 1 rings (SSSR count). The van der Waals surface area contributed by atoms with E-state index in [-0.39, 0.29) is 18.4 Å². The molecule has 1 aromatic rings. The first-order valence-electron chi connectivity index (χ1n) is 7.91. The molecule has 0 saturated heterocycles. The largest absolute Gasteiger partial charge is 0.483 e. The number of nitrogens with one attached hydrogen (secondary N) is 2. The first kappa shape index (κ1) is 18.0. The Morgan fingerprint density at radius 2 is 1.73 bits per heavy atom. The summed E-state index contributed by atoms with van der Waals surface area (Å²) in [4.78, 5) is 23.1. The maximum absolute atomic E-state index is 11.7. The Balaban J connectivity index is 2.17. The lowest BCUT2D eigenvalue weighted by atomic mass is 10.1. The van der Waals surface area contributed by atoms with Crippen LogP contribution in [-0.4, -0.2) is 31.5 Å². The minimum atomic E-state index is -0.186. The molecule has 122 valence electrons. The van der Waals surface area contributed by atoms with Crippen molar-refractivity contribution in [1.82, 2.24) is 10.6 Å². The van der Waals surface area contributed by atoms with Gasteiger partial charge in [0.2, 0.25) is 5.91 Å². The van der Waals surface area contributed by atoms with E-state index in [1.54, 1.807) is 0 Å². The summed E-state index contributed by atoms with van der Waals surface area (Å²) in [6.07, 6.45) is 3.30. The summed E-state index contributed by atoms with van der Waals surface area (Å²) in [5.41, 5.74) is 1.08. The summed E-state index contributed by atoms with van der Waals surface area (Å²) in [5.74, 6) is 0.589. The second kappa shape index (κ2) is 10.7. The van der Waals surface area contributed by atoms with Crippen LogP contribution in [0.1, 0.15) is 38.7 Å².